The monoisotopic (exact) mass is 340 g/mol. The first-order valence-corrected chi connectivity index (χ1v) is 9.81. The Morgan fingerprint density at radius 1 is 1.26 bits per heavy atom. The summed E-state index contributed by atoms with van der Waals surface area (Å²) in [4.78, 5) is 0. The molecule has 6 heteroatoms. The van der Waals surface area contributed by atoms with E-state index >= 15 is 0 Å². The van der Waals surface area contributed by atoms with E-state index < -0.39 is 10.2 Å². The van der Waals surface area contributed by atoms with Gasteiger partial charge in [0.15, 0.2) is 0 Å². The van der Waals surface area contributed by atoms with Gasteiger partial charge in [-0.1, -0.05) is 44.4 Å². The summed E-state index contributed by atoms with van der Waals surface area (Å²) in [5, 5.41) is 0. The summed E-state index contributed by atoms with van der Waals surface area (Å²) in [5.74, 6) is 0.711. The number of nitrogens with one attached hydrogen (secondary N) is 1. The normalized spacial score (nSPS) is 18.1. The minimum Gasteiger partial charge on any atom is -0.496 e. The summed E-state index contributed by atoms with van der Waals surface area (Å²) in [6, 6.07) is 7.38. The molecule has 0 unspecified atom stereocenters. The molecule has 23 heavy (non-hydrogen) atoms. The fraction of sp³-hybridized carbons (Fsp3) is 0.647. The van der Waals surface area contributed by atoms with Gasteiger partial charge in [-0.3, -0.25) is 0 Å². The molecule has 1 saturated carbocycles. The van der Waals surface area contributed by atoms with Crippen molar-refractivity contribution in [2.75, 3.05) is 14.2 Å². The van der Waals surface area contributed by atoms with Crippen LogP contribution in [0, 0.1) is 0 Å². The number of para-hydroxylation sites is 1. The van der Waals surface area contributed by atoms with Crippen LogP contribution in [0.25, 0.3) is 0 Å². The molecular weight excluding hydrogens is 312 g/mol. The van der Waals surface area contributed by atoms with E-state index in [1.807, 2.05) is 31.2 Å². The van der Waals surface area contributed by atoms with Crippen molar-refractivity contribution in [2.45, 2.75) is 57.5 Å². The van der Waals surface area contributed by atoms with Crippen molar-refractivity contribution in [2.24, 2.45) is 0 Å². The third-order valence-corrected chi connectivity index (χ3v) is 6.32. The first-order valence-electron chi connectivity index (χ1n) is 8.37. The van der Waals surface area contributed by atoms with Gasteiger partial charge in [-0.15, -0.1) is 0 Å². The zero-order valence-electron chi connectivity index (χ0n) is 14.3. The van der Waals surface area contributed by atoms with Crippen molar-refractivity contribution in [3.8, 4) is 5.75 Å². The summed E-state index contributed by atoms with van der Waals surface area (Å²) in [6.07, 6.45) is 5.98. The Balaban J connectivity index is 2.16. The highest BCUT2D eigenvalue weighted by molar-refractivity contribution is 7.87. The first-order chi connectivity index (χ1) is 11.0. The van der Waals surface area contributed by atoms with Crippen LogP contribution in [0.1, 0.15) is 57.1 Å². The summed E-state index contributed by atoms with van der Waals surface area (Å²) in [7, 11) is -0.223. The average Bonchev–Trinajstić information content (AvgIpc) is 2.59. The Kier molecular flexibility index (Phi) is 6.44. The van der Waals surface area contributed by atoms with Crippen LogP contribution in [0.4, 0.5) is 0 Å². The van der Waals surface area contributed by atoms with Crippen LogP contribution < -0.4 is 9.46 Å². The molecule has 0 radical (unpaired) electrons. The number of hydrogen-bond acceptors (Lipinski definition) is 3. The smallest absolute Gasteiger partial charge is 0.280 e. The second kappa shape index (κ2) is 8.13. The van der Waals surface area contributed by atoms with E-state index in [2.05, 4.69) is 4.72 Å². The molecule has 0 bridgehead atoms. The van der Waals surface area contributed by atoms with Crippen molar-refractivity contribution in [3.05, 3.63) is 29.8 Å². The Labute approximate surface area is 140 Å². The third-order valence-electron chi connectivity index (χ3n) is 4.68. The standard InChI is InChI=1S/C17H28N2O3S/c1-4-16(15-12-8-9-13-17(15)22-3)18-23(20,21)19(2)14-10-6-5-7-11-14/h8-9,12-14,16,18H,4-7,10-11H2,1-3H3/t16-/m1/s1. The molecule has 1 aliphatic rings. The zero-order chi connectivity index (χ0) is 16.9. The van der Waals surface area contributed by atoms with Crippen LogP contribution in [-0.2, 0) is 10.2 Å². The predicted molar refractivity (Wildman–Crippen MR) is 92.7 cm³/mol. The highest BCUT2D eigenvalue weighted by Crippen LogP contribution is 2.29. The van der Waals surface area contributed by atoms with Gasteiger partial charge in [0.25, 0.3) is 10.2 Å². The molecule has 5 nitrogen and oxygen atoms in total. The topological polar surface area (TPSA) is 58.6 Å². The van der Waals surface area contributed by atoms with Crippen LogP contribution in [0.15, 0.2) is 24.3 Å². The molecule has 1 aliphatic carbocycles. The van der Waals surface area contributed by atoms with Gasteiger partial charge in [-0.05, 0) is 25.3 Å². The predicted octanol–water partition coefficient (Wildman–Crippen LogP) is 3.25. The van der Waals surface area contributed by atoms with Gasteiger partial charge in [-0.2, -0.15) is 17.4 Å². The van der Waals surface area contributed by atoms with Crippen LogP contribution in [0.2, 0.25) is 0 Å². The summed E-state index contributed by atoms with van der Waals surface area (Å²) in [5.41, 5.74) is 0.873. The highest BCUT2D eigenvalue weighted by atomic mass is 32.2. The van der Waals surface area contributed by atoms with E-state index in [9.17, 15) is 8.42 Å². The quantitative estimate of drug-likeness (QED) is 0.829. The van der Waals surface area contributed by atoms with Crippen molar-refractivity contribution in [3.63, 3.8) is 0 Å². The molecule has 0 spiro atoms. The molecule has 1 aromatic carbocycles. The van der Waals surface area contributed by atoms with Crippen LogP contribution in [-0.4, -0.2) is 32.9 Å². The fourth-order valence-corrected chi connectivity index (χ4v) is 4.65. The molecule has 1 N–H and O–H groups in total. The lowest BCUT2D eigenvalue weighted by Crippen LogP contribution is -2.46. The maximum atomic E-state index is 12.7. The molecular formula is C17H28N2O3S. The molecule has 1 aromatic rings. The minimum atomic E-state index is -3.52. The Hall–Kier alpha value is -1.11. The lowest BCUT2D eigenvalue weighted by Gasteiger charge is -2.32. The van der Waals surface area contributed by atoms with Gasteiger partial charge in [0, 0.05) is 18.7 Å². The molecule has 0 aliphatic heterocycles. The number of ether oxygens (including phenoxy) is 1. The van der Waals surface area contributed by atoms with Gasteiger partial charge in [0.1, 0.15) is 5.75 Å². The Bertz CT molecular complexity index is 598. The second-order valence-electron chi connectivity index (χ2n) is 6.13. The second-order valence-corrected chi connectivity index (χ2v) is 7.90. The number of rotatable bonds is 7. The molecule has 0 heterocycles. The summed E-state index contributed by atoms with van der Waals surface area (Å²) >= 11 is 0. The molecule has 0 aromatic heterocycles. The van der Waals surface area contributed by atoms with E-state index in [0.29, 0.717) is 12.2 Å². The van der Waals surface area contributed by atoms with E-state index in [0.717, 1.165) is 31.2 Å². The number of benzene rings is 1. The van der Waals surface area contributed by atoms with Crippen LogP contribution >= 0.6 is 0 Å². The van der Waals surface area contributed by atoms with Gasteiger partial charge >= 0.3 is 0 Å². The first kappa shape index (κ1) is 18.2. The largest absolute Gasteiger partial charge is 0.496 e. The average molecular weight is 340 g/mol. The van der Waals surface area contributed by atoms with E-state index in [4.69, 9.17) is 4.74 Å². The number of hydrogen-bond donors (Lipinski definition) is 1. The molecule has 1 atom stereocenters. The van der Waals surface area contributed by atoms with Crippen molar-refractivity contribution < 1.29 is 13.2 Å². The van der Waals surface area contributed by atoms with E-state index in [1.54, 1.807) is 14.2 Å². The van der Waals surface area contributed by atoms with Gasteiger partial charge in [0.2, 0.25) is 0 Å². The molecule has 2 rings (SSSR count). The minimum absolute atomic E-state index is 0.108. The van der Waals surface area contributed by atoms with Crippen molar-refractivity contribution in [1.82, 2.24) is 9.03 Å². The lowest BCUT2D eigenvalue weighted by molar-refractivity contribution is 0.281. The molecule has 0 amide bonds. The van der Waals surface area contributed by atoms with Crippen LogP contribution in [0.3, 0.4) is 0 Å². The summed E-state index contributed by atoms with van der Waals surface area (Å²) in [6.45, 7) is 1.97. The summed E-state index contributed by atoms with van der Waals surface area (Å²) < 4.78 is 35.2. The maximum Gasteiger partial charge on any atom is 0.280 e. The SMILES string of the molecule is CC[C@@H](NS(=O)(=O)N(C)C1CCCCC1)c1ccccc1OC. The maximum absolute atomic E-state index is 12.7. The van der Waals surface area contributed by atoms with Gasteiger partial charge in [0.05, 0.1) is 13.2 Å². The highest BCUT2D eigenvalue weighted by Gasteiger charge is 2.30. The lowest BCUT2D eigenvalue weighted by atomic mass is 9.96. The van der Waals surface area contributed by atoms with Crippen molar-refractivity contribution in [1.29, 1.82) is 0 Å². The van der Waals surface area contributed by atoms with Gasteiger partial charge < -0.3 is 4.74 Å². The van der Waals surface area contributed by atoms with Crippen LogP contribution in [0.5, 0.6) is 5.75 Å². The van der Waals surface area contributed by atoms with E-state index in [-0.39, 0.29) is 12.1 Å². The molecule has 0 saturated heterocycles. The van der Waals surface area contributed by atoms with Gasteiger partial charge in [-0.25, -0.2) is 0 Å². The third kappa shape index (κ3) is 4.46. The fourth-order valence-electron chi connectivity index (χ4n) is 3.22. The van der Waals surface area contributed by atoms with E-state index in [1.165, 1.54) is 10.7 Å². The zero-order valence-corrected chi connectivity index (χ0v) is 15.1. The number of methoxy groups -OCH3 is 1. The number of nitrogens with zero attached hydrogens (tertiary/aromatic N) is 1. The Morgan fingerprint density at radius 2 is 1.91 bits per heavy atom. The Morgan fingerprint density at radius 3 is 2.52 bits per heavy atom. The molecule has 130 valence electrons. The van der Waals surface area contributed by atoms with Crippen molar-refractivity contribution >= 4 is 10.2 Å². The molecule has 1 fully saturated rings.